The van der Waals surface area contributed by atoms with Crippen molar-refractivity contribution >= 4 is 34.6 Å². The molecule has 0 aliphatic carbocycles. The Morgan fingerprint density at radius 1 is 0.769 bits per heavy atom. The van der Waals surface area contributed by atoms with E-state index < -0.39 is 5.60 Å². The zero-order valence-corrected chi connectivity index (χ0v) is 16.3. The first-order valence-electron chi connectivity index (χ1n) is 9.15. The molecule has 0 saturated heterocycles. The molecule has 26 heavy (non-hydrogen) atoms. The number of fused-ring (bicyclic) bond motifs is 1. The van der Waals surface area contributed by atoms with Crippen LogP contribution >= 0.6 is 0 Å². The van der Waals surface area contributed by atoms with Crippen LogP contribution in [-0.2, 0) is 0 Å². The molecule has 144 valence electrons. The van der Waals surface area contributed by atoms with Crippen LogP contribution in [-0.4, -0.2) is 56.8 Å². The number of anilines is 4. The third-order valence-electron chi connectivity index (χ3n) is 3.44. The van der Waals surface area contributed by atoms with Gasteiger partial charge < -0.3 is 26.4 Å². The maximum atomic E-state index is 10.1. The molecule has 0 fully saturated rings. The van der Waals surface area contributed by atoms with Gasteiger partial charge in [-0.25, -0.2) is 9.97 Å². The van der Waals surface area contributed by atoms with Gasteiger partial charge in [0.2, 0.25) is 11.9 Å². The summed E-state index contributed by atoms with van der Waals surface area (Å²) >= 11 is 0. The average molecular weight is 362 g/mol. The van der Waals surface area contributed by atoms with Crippen molar-refractivity contribution in [2.75, 3.05) is 47.4 Å². The topological polar surface area (TPSA) is 120 Å². The van der Waals surface area contributed by atoms with Crippen molar-refractivity contribution in [3.8, 4) is 0 Å². The summed E-state index contributed by atoms with van der Waals surface area (Å²) in [6.07, 6.45) is 0.969. The average Bonchev–Trinajstić information content (AvgIpc) is 2.58. The van der Waals surface area contributed by atoms with E-state index >= 15 is 0 Å². The Morgan fingerprint density at radius 3 is 1.69 bits per heavy atom. The van der Waals surface area contributed by atoms with Crippen LogP contribution in [0.15, 0.2) is 0 Å². The molecule has 9 nitrogen and oxygen atoms in total. The highest BCUT2D eigenvalue weighted by atomic mass is 16.3. The second-order valence-electron chi connectivity index (χ2n) is 6.64. The third-order valence-corrected chi connectivity index (χ3v) is 3.44. The minimum absolute atomic E-state index is 0.336. The lowest BCUT2D eigenvalue weighted by Crippen LogP contribution is -2.30. The standard InChI is InChI=1S/C17H30N8O/c1-6-9-20-13-11-12(23-15(24-13)18-7-2)14(21-10-17(4,5)26)25-16(22-11)19-8-3/h26H,6-10H2,1-5H3,(H2,18,20,23,24)(H2,19,21,22,25). The molecule has 0 aliphatic rings. The molecule has 0 radical (unpaired) electrons. The maximum Gasteiger partial charge on any atom is 0.225 e. The molecule has 2 rings (SSSR count). The molecule has 2 heterocycles. The van der Waals surface area contributed by atoms with Crippen LogP contribution < -0.4 is 21.3 Å². The fourth-order valence-electron chi connectivity index (χ4n) is 2.28. The SMILES string of the molecule is CCCNc1nc(NCC)nc2c(NCC(C)(C)O)nc(NCC)nc12. The summed E-state index contributed by atoms with van der Waals surface area (Å²) in [6.45, 7) is 12.1. The van der Waals surface area contributed by atoms with E-state index in [0.29, 0.717) is 54.2 Å². The summed E-state index contributed by atoms with van der Waals surface area (Å²) in [7, 11) is 0. The molecular weight excluding hydrogens is 332 g/mol. The Kier molecular flexibility index (Phi) is 6.73. The largest absolute Gasteiger partial charge is 0.389 e. The smallest absolute Gasteiger partial charge is 0.225 e. The molecule has 0 aromatic carbocycles. The minimum Gasteiger partial charge on any atom is -0.389 e. The molecule has 2 aromatic rings. The first kappa shape index (κ1) is 19.9. The predicted octanol–water partition coefficient (Wildman–Crippen LogP) is 2.29. The van der Waals surface area contributed by atoms with E-state index in [9.17, 15) is 5.11 Å². The molecule has 0 atom stereocenters. The van der Waals surface area contributed by atoms with Gasteiger partial charge in [0.15, 0.2) is 11.6 Å². The van der Waals surface area contributed by atoms with Crippen LogP contribution in [0.1, 0.15) is 41.0 Å². The van der Waals surface area contributed by atoms with E-state index in [2.05, 4.69) is 48.1 Å². The number of aromatic nitrogens is 4. The Balaban J connectivity index is 2.58. The lowest BCUT2D eigenvalue weighted by Gasteiger charge is -2.19. The summed E-state index contributed by atoms with van der Waals surface area (Å²) < 4.78 is 0. The van der Waals surface area contributed by atoms with Crippen LogP contribution in [0, 0.1) is 0 Å². The molecule has 0 bridgehead atoms. The van der Waals surface area contributed by atoms with Crippen molar-refractivity contribution in [3.63, 3.8) is 0 Å². The number of aliphatic hydroxyl groups is 1. The highest BCUT2D eigenvalue weighted by Gasteiger charge is 2.18. The van der Waals surface area contributed by atoms with Gasteiger partial charge in [0, 0.05) is 26.2 Å². The summed E-state index contributed by atoms with van der Waals surface area (Å²) in [5.74, 6) is 2.25. The van der Waals surface area contributed by atoms with Gasteiger partial charge in [-0.2, -0.15) is 9.97 Å². The van der Waals surface area contributed by atoms with Crippen molar-refractivity contribution in [2.24, 2.45) is 0 Å². The lowest BCUT2D eigenvalue weighted by atomic mass is 10.1. The molecule has 2 aromatic heterocycles. The highest BCUT2D eigenvalue weighted by molar-refractivity contribution is 5.94. The Bertz CT molecular complexity index is 729. The van der Waals surface area contributed by atoms with E-state index in [1.54, 1.807) is 13.8 Å². The molecule has 0 aliphatic heterocycles. The minimum atomic E-state index is -0.879. The van der Waals surface area contributed by atoms with Gasteiger partial charge in [0.1, 0.15) is 11.0 Å². The summed E-state index contributed by atoms with van der Waals surface area (Å²) in [6, 6.07) is 0. The highest BCUT2D eigenvalue weighted by Crippen LogP contribution is 2.27. The van der Waals surface area contributed by atoms with Crippen molar-refractivity contribution < 1.29 is 5.11 Å². The molecule has 0 saturated carbocycles. The van der Waals surface area contributed by atoms with Crippen molar-refractivity contribution in [2.45, 2.75) is 46.6 Å². The fourth-order valence-corrected chi connectivity index (χ4v) is 2.28. The van der Waals surface area contributed by atoms with Gasteiger partial charge in [-0.3, -0.25) is 0 Å². The molecule has 0 amide bonds. The van der Waals surface area contributed by atoms with E-state index in [4.69, 9.17) is 0 Å². The Morgan fingerprint density at radius 2 is 1.27 bits per heavy atom. The molecule has 9 heteroatoms. The summed E-state index contributed by atoms with van der Waals surface area (Å²) in [5, 5.41) is 22.8. The number of rotatable bonds is 10. The van der Waals surface area contributed by atoms with E-state index in [1.807, 2.05) is 13.8 Å². The van der Waals surface area contributed by atoms with E-state index in [1.165, 1.54) is 0 Å². The van der Waals surface area contributed by atoms with Crippen LogP contribution in [0.4, 0.5) is 23.5 Å². The number of hydrogen-bond acceptors (Lipinski definition) is 9. The number of nitrogens with one attached hydrogen (secondary N) is 4. The Labute approximate surface area is 154 Å². The molecule has 5 N–H and O–H groups in total. The van der Waals surface area contributed by atoms with Gasteiger partial charge in [0.25, 0.3) is 0 Å². The van der Waals surface area contributed by atoms with Gasteiger partial charge in [-0.15, -0.1) is 0 Å². The first-order valence-corrected chi connectivity index (χ1v) is 9.15. The fraction of sp³-hybridized carbons (Fsp3) is 0.647. The second-order valence-corrected chi connectivity index (χ2v) is 6.64. The van der Waals surface area contributed by atoms with E-state index in [0.717, 1.165) is 13.0 Å². The normalized spacial score (nSPS) is 11.5. The number of hydrogen-bond donors (Lipinski definition) is 5. The summed E-state index contributed by atoms with van der Waals surface area (Å²) in [4.78, 5) is 18.2. The third kappa shape index (κ3) is 5.29. The zero-order valence-electron chi connectivity index (χ0n) is 16.3. The predicted molar refractivity (Wildman–Crippen MR) is 107 cm³/mol. The Hall–Kier alpha value is -2.42. The van der Waals surface area contributed by atoms with Gasteiger partial charge in [-0.05, 0) is 34.1 Å². The maximum absolute atomic E-state index is 10.1. The molecule has 0 spiro atoms. The van der Waals surface area contributed by atoms with Gasteiger partial charge in [-0.1, -0.05) is 6.92 Å². The van der Waals surface area contributed by atoms with Crippen molar-refractivity contribution in [3.05, 3.63) is 0 Å². The zero-order chi connectivity index (χ0) is 19.2. The van der Waals surface area contributed by atoms with Crippen LogP contribution in [0.5, 0.6) is 0 Å². The van der Waals surface area contributed by atoms with Crippen LogP contribution in [0.25, 0.3) is 11.0 Å². The first-order chi connectivity index (χ1) is 12.4. The van der Waals surface area contributed by atoms with Crippen molar-refractivity contribution in [1.29, 1.82) is 0 Å². The van der Waals surface area contributed by atoms with Gasteiger partial charge >= 0.3 is 0 Å². The van der Waals surface area contributed by atoms with Gasteiger partial charge in [0.05, 0.1) is 5.60 Å². The van der Waals surface area contributed by atoms with E-state index in [-0.39, 0.29) is 0 Å². The molecular formula is C17H30N8O. The quantitative estimate of drug-likeness (QED) is 0.433. The summed E-state index contributed by atoms with van der Waals surface area (Å²) in [5.41, 5.74) is 0.376. The second kappa shape index (κ2) is 8.79. The monoisotopic (exact) mass is 362 g/mol. The van der Waals surface area contributed by atoms with Crippen LogP contribution in [0.2, 0.25) is 0 Å². The van der Waals surface area contributed by atoms with Crippen molar-refractivity contribution in [1.82, 2.24) is 19.9 Å². The lowest BCUT2D eigenvalue weighted by molar-refractivity contribution is 0.0944. The van der Waals surface area contributed by atoms with Crippen LogP contribution in [0.3, 0.4) is 0 Å². The molecule has 0 unspecified atom stereocenters. The number of nitrogens with zero attached hydrogens (tertiary/aromatic N) is 4.